The summed E-state index contributed by atoms with van der Waals surface area (Å²) in [6.45, 7) is 0. The second-order valence-corrected chi connectivity index (χ2v) is 3.86. The molecule has 2 rings (SSSR count). The third kappa shape index (κ3) is 1.85. The lowest BCUT2D eigenvalue weighted by Crippen LogP contribution is -2.28. The Balaban J connectivity index is 2.01. The Kier molecular flexibility index (Phi) is 2.25. The molecular weight excluding hydrogens is 168 g/mol. The monoisotopic (exact) mass is 182 g/mol. The van der Waals surface area contributed by atoms with Crippen LogP contribution in [0.1, 0.15) is 32.1 Å². The molecule has 0 spiro atoms. The third-order valence-corrected chi connectivity index (χ3v) is 2.89. The maximum Gasteiger partial charge on any atom is 0.334 e. The predicted octanol–water partition coefficient (Wildman–Crippen LogP) is 1.93. The van der Waals surface area contributed by atoms with E-state index in [4.69, 9.17) is 4.74 Å². The topological polar surface area (TPSA) is 46.5 Å². The number of aliphatic hydroxyl groups excluding tert-OH is 1. The van der Waals surface area contributed by atoms with Crippen molar-refractivity contribution in [3.8, 4) is 0 Å². The summed E-state index contributed by atoms with van der Waals surface area (Å²) in [4.78, 5) is 11.0. The number of hydrogen-bond donors (Lipinski definition) is 1. The number of ether oxygens (including phenoxy) is 1. The Morgan fingerprint density at radius 2 is 2.08 bits per heavy atom. The Morgan fingerprint density at radius 3 is 2.69 bits per heavy atom. The van der Waals surface area contributed by atoms with Gasteiger partial charge in [0.25, 0.3) is 0 Å². The minimum absolute atomic E-state index is 0.0694. The normalized spacial score (nSPS) is 30.0. The van der Waals surface area contributed by atoms with Gasteiger partial charge in [0, 0.05) is 6.42 Å². The molecule has 1 atom stereocenters. The van der Waals surface area contributed by atoms with E-state index >= 15 is 0 Å². The van der Waals surface area contributed by atoms with Crippen LogP contribution in [0.4, 0.5) is 0 Å². The van der Waals surface area contributed by atoms with E-state index in [0.717, 1.165) is 12.8 Å². The van der Waals surface area contributed by atoms with E-state index in [1.807, 2.05) is 0 Å². The first-order chi connectivity index (χ1) is 6.25. The largest absolute Gasteiger partial charge is 0.512 e. The van der Waals surface area contributed by atoms with Crippen molar-refractivity contribution in [2.75, 3.05) is 0 Å². The summed E-state index contributed by atoms with van der Waals surface area (Å²) >= 11 is 0. The fourth-order valence-electron chi connectivity index (χ4n) is 2.22. The minimum Gasteiger partial charge on any atom is -0.512 e. The number of cyclic esters (lactones) is 1. The summed E-state index contributed by atoms with van der Waals surface area (Å²) in [6.07, 6.45) is 6.32. The SMILES string of the molecule is O=C1C=C(O)CC(C2CCCC2)O1. The van der Waals surface area contributed by atoms with Gasteiger partial charge in [0.2, 0.25) is 0 Å². The van der Waals surface area contributed by atoms with Crippen molar-refractivity contribution in [2.45, 2.75) is 38.2 Å². The van der Waals surface area contributed by atoms with Gasteiger partial charge in [-0.05, 0) is 18.8 Å². The Bertz CT molecular complexity index is 239. The average Bonchev–Trinajstić information content (AvgIpc) is 2.53. The lowest BCUT2D eigenvalue weighted by atomic mass is 9.96. The first kappa shape index (κ1) is 8.60. The Morgan fingerprint density at radius 1 is 1.38 bits per heavy atom. The molecule has 0 aromatic heterocycles. The number of rotatable bonds is 1. The van der Waals surface area contributed by atoms with Gasteiger partial charge in [0.05, 0.1) is 6.08 Å². The van der Waals surface area contributed by atoms with Gasteiger partial charge in [0.1, 0.15) is 11.9 Å². The molecule has 0 aromatic carbocycles. The van der Waals surface area contributed by atoms with Crippen LogP contribution in [0.15, 0.2) is 11.8 Å². The molecular formula is C10H14O3. The molecule has 0 amide bonds. The number of carbonyl (C=O) groups is 1. The van der Waals surface area contributed by atoms with Crippen molar-refractivity contribution >= 4 is 5.97 Å². The van der Waals surface area contributed by atoms with Gasteiger partial charge in [-0.1, -0.05) is 12.8 Å². The van der Waals surface area contributed by atoms with E-state index in [1.165, 1.54) is 18.9 Å². The Labute approximate surface area is 77.4 Å². The second kappa shape index (κ2) is 3.40. The highest BCUT2D eigenvalue weighted by molar-refractivity contribution is 5.83. The lowest BCUT2D eigenvalue weighted by Gasteiger charge is -2.25. The van der Waals surface area contributed by atoms with Crippen LogP contribution in [-0.4, -0.2) is 17.2 Å². The predicted molar refractivity (Wildman–Crippen MR) is 47.2 cm³/mol. The average molecular weight is 182 g/mol. The van der Waals surface area contributed by atoms with E-state index in [-0.39, 0.29) is 17.8 Å². The molecule has 1 saturated carbocycles. The summed E-state index contributed by atoms with van der Waals surface area (Å²) in [7, 11) is 0. The zero-order valence-corrected chi connectivity index (χ0v) is 7.53. The molecule has 0 bridgehead atoms. The summed E-state index contributed by atoms with van der Waals surface area (Å²) in [6, 6.07) is 0. The summed E-state index contributed by atoms with van der Waals surface area (Å²) < 4.78 is 5.17. The van der Waals surface area contributed by atoms with Crippen LogP contribution in [0.2, 0.25) is 0 Å². The molecule has 1 N–H and O–H groups in total. The van der Waals surface area contributed by atoms with Crippen LogP contribution in [0.25, 0.3) is 0 Å². The molecule has 72 valence electrons. The molecule has 1 aliphatic carbocycles. The summed E-state index contributed by atoms with van der Waals surface area (Å²) in [5.74, 6) is 0.258. The van der Waals surface area contributed by atoms with Crippen LogP contribution >= 0.6 is 0 Å². The van der Waals surface area contributed by atoms with Gasteiger partial charge in [-0.15, -0.1) is 0 Å². The summed E-state index contributed by atoms with van der Waals surface area (Å²) in [5.41, 5.74) is 0. The quantitative estimate of drug-likeness (QED) is 0.630. The zero-order valence-electron chi connectivity index (χ0n) is 7.53. The smallest absolute Gasteiger partial charge is 0.334 e. The van der Waals surface area contributed by atoms with Crippen molar-refractivity contribution in [3.63, 3.8) is 0 Å². The first-order valence-corrected chi connectivity index (χ1v) is 4.86. The van der Waals surface area contributed by atoms with E-state index in [1.54, 1.807) is 0 Å². The first-order valence-electron chi connectivity index (χ1n) is 4.86. The second-order valence-electron chi connectivity index (χ2n) is 3.86. The van der Waals surface area contributed by atoms with Gasteiger partial charge in [-0.2, -0.15) is 0 Å². The van der Waals surface area contributed by atoms with Gasteiger partial charge in [0.15, 0.2) is 0 Å². The van der Waals surface area contributed by atoms with Crippen LogP contribution in [0.5, 0.6) is 0 Å². The zero-order chi connectivity index (χ0) is 9.26. The van der Waals surface area contributed by atoms with Gasteiger partial charge >= 0.3 is 5.97 Å². The molecule has 13 heavy (non-hydrogen) atoms. The van der Waals surface area contributed by atoms with E-state index in [0.29, 0.717) is 12.3 Å². The number of hydrogen-bond acceptors (Lipinski definition) is 3. The van der Waals surface area contributed by atoms with Crippen molar-refractivity contribution in [1.29, 1.82) is 0 Å². The van der Waals surface area contributed by atoms with Crippen molar-refractivity contribution < 1.29 is 14.6 Å². The molecule has 1 aliphatic heterocycles. The molecule has 0 saturated heterocycles. The van der Waals surface area contributed by atoms with Crippen LogP contribution in [-0.2, 0) is 9.53 Å². The number of aliphatic hydroxyl groups is 1. The molecule has 1 unspecified atom stereocenters. The maximum atomic E-state index is 11.0. The minimum atomic E-state index is -0.388. The third-order valence-electron chi connectivity index (χ3n) is 2.89. The van der Waals surface area contributed by atoms with Gasteiger partial charge in [-0.3, -0.25) is 0 Å². The standard InChI is InChI=1S/C10H14O3/c11-8-5-9(13-10(12)6-8)7-3-1-2-4-7/h6-7,9,11H,1-5H2. The highest BCUT2D eigenvalue weighted by Gasteiger charge is 2.31. The molecule has 1 fully saturated rings. The van der Waals surface area contributed by atoms with Gasteiger partial charge < -0.3 is 9.84 Å². The van der Waals surface area contributed by atoms with Gasteiger partial charge in [-0.25, -0.2) is 4.79 Å². The highest BCUT2D eigenvalue weighted by atomic mass is 16.5. The van der Waals surface area contributed by atoms with E-state index < -0.39 is 0 Å². The fraction of sp³-hybridized carbons (Fsp3) is 0.700. The fourth-order valence-corrected chi connectivity index (χ4v) is 2.22. The van der Waals surface area contributed by atoms with Crippen molar-refractivity contribution in [3.05, 3.63) is 11.8 Å². The molecule has 0 radical (unpaired) electrons. The van der Waals surface area contributed by atoms with Crippen molar-refractivity contribution in [1.82, 2.24) is 0 Å². The lowest BCUT2D eigenvalue weighted by molar-refractivity contribution is -0.148. The Hall–Kier alpha value is -0.990. The van der Waals surface area contributed by atoms with Crippen LogP contribution < -0.4 is 0 Å². The van der Waals surface area contributed by atoms with Crippen molar-refractivity contribution in [2.24, 2.45) is 5.92 Å². The van der Waals surface area contributed by atoms with Crippen LogP contribution in [0.3, 0.4) is 0 Å². The molecule has 3 heteroatoms. The number of esters is 1. The molecule has 0 aromatic rings. The summed E-state index contributed by atoms with van der Waals surface area (Å²) in [5, 5.41) is 9.27. The van der Waals surface area contributed by atoms with Crippen LogP contribution in [0, 0.1) is 5.92 Å². The van der Waals surface area contributed by atoms with E-state index in [9.17, 15) is 9.90 Å². The van der Waals surface area contributed by atoms with E-state index in [2.05, 4.69) is 0 Å². The highest BCUT2D eigenvalue weighted by Crippen LogP contribution is 2.33. The molecule has 1 heterocycles. The molecule has 2 aliphatic rings. The maximum absolute atomic E-state index is 11.0. The molecule has 3 nitrogen and oxygen atoms in total. The number of carbonyl (C=O) groups excluding carboxylic acids is 1.